The van der Waals surface area contributed by atoms with E-state index in [0.717, 1.165) is 32.1 Å². The number of carbonyl (C=O) groups is 1. The third-order valence-electron chi connectivity index (χ3n) is 9.50. The molecule has 5 rings (SSSR count). The summed E-state index contributed by atoms with van der Waals surface area (Å²) in [7, 11) is 0. The molecule has 0 unspecified atom stereocenters. The van der Waals surface area contributed by atoms with Crippen molar-refractivity contribution in [1.29, 1.82) is 0 Å². The van der Waals surface area contributed by atoms with E-state index in [1.165, 1.54) is 5.57 Å². The highest BCUT2D eigenvalue weighted by Crippen LogP contribution is 2.47. The van der Waals surface area contributed by atoms with Crippen LogP contribution in [0.1, 0.15) is 79.6 Å². The number of allylic oxidation sites excluding steroid dienone is 4. The number of aliphatic hydroxyl groups excluding tert-OH is 1. The van der Waals surface area contributed by atoms with E-state index in [1.54, 1.807) is 13.0 Å². The van der Waals surface area contributed by atoms with Crippen molar-refractivity contribution in [3.63, 3.8) is 0 Å². The van der Waals surface area contributed by atoms with E-state index in [-0.39, 0.29) is 18.8 Å². The van der Waals surface area contributed by atoms with Crippen LogP contribution in [0.15, 0.2) is 47.1 Å². The maximum atomic E-state index is 13.9. The monoisotopic (exact) mass is 542 g/mol. The summed E-state index contributed by atoms with van der Waals surface area (Å²) < 4.78 is 25.4. The second-order valence-corrected chi connectivity index (χ2v) is 12.7. The van der Waals surface area contributed by atoms with E-state index in [0.29, 0.717) is 35.8 Å². The quantitative estimate of drug-likeness (QED) is 0.359. The van der Waals surface area contributed by atoms with Gasteiger partial charge in [0.2, 0.25) is 0 Å². The van der Waals surface area contributed by atoms with Gasteiger partial charge in [0.05, 0.1) is 18.8 Å². The Morgan fingerprint density at radius 1 is 1.15 bits per heavy atom. The Bertz CT molecular complexity index is 1060. The second-order valence-electron chi connectivity index (χ2n) is 12.7. The molecule has 0 radical (unpaired) electrons. The Morgan fingerprint density at radius 3 is 2.72 bits per heavy atom. The normalized spacial score (nSPS) is 47.4. The zero-order chi connectivity index (χ0) is 27.9. The molecule has 1 spiro atoms. The van der Waals surface area contributed by atoms with Crippen LogP contribution in [-0.4, -0.2) is 64.7 Å². The van der Waals surface area contributed by atoms with Gasteiger partial charge in [0, 0.05) is 19.3 Å². The third-order valence-corrected chi connectivity index (χ3v) is 9.50. The zero-order valence-corrected chi connectivity index (χ0v) is 24.1. The Hall–Kier alpha value is -1.77. The lowest BCUT2D eigenvalue weighted by molar-refractivity contribution is -0.335. The first-order valence-electron chi connectivity index (χ1n) is 14.8. The minimum atomic E-state index is -1.68. The summed E-state index contributed by atoms with van der Waals surface area (Å²) in [6.07, 6.45) is 12.8. The molecule has 3 fully saturated rings. The Morgan fingerprint density at radius 2 is 1.95 bits per heavy atom. The van der Waals surface area contributed by atoms with Crippen LogP contribution < -0.4 is 0 Å². The number of hydrogen-bond acceptors (Lipinski definition) is 7. The molecule has 10 atom stereocenters. The zero-order valence-electron chi connectivity index (χ0n) is 24.1. The van der Waals surface area contributed by atoms with E-state index in [1.807, 2.05) is 12.2 Å². The van der Waals surface area contributed by atoms with Gasteiger partial charge in [-0.1, -0.05) is 56.7 Å². The van der Waals surface area contributed by atoms with Crippen molar-refractivity contribution in [2.24, 2.45) is 17.8 Å². The van der Waals surface area contributed by atoms with Crippen LogP contribution in [0.5, 0.6) is 0 Å². The smallest absolute Gasteiger partial charge is 0.316 e. The van der Waals surface area contributed by atoms with Gasteiger partial charge in [-0.15, -0.1) is 0 Å². The van der Waals surface area contributed by atoms with Crippen LogP contribution in [0.2, 0.25) is 0 Å². The van der Waals surface area contributed by atoms with Crippen molar-refractivity contribution in [2.75, 3.05) is 6.61 Å². The summed E-state index contributed by atoms with van der Waals surface area (Å²) in [6, 6.07) is 0. The molecule has 0 aromatic heterocycles. The molecule has 7 heteroatoms. The molecule has 4 aliphatic heterocycles. The van der Waals surface area contributed by atoms with E-state index < -0.39 is 41.6 Å². The van der Waals surface area contributed by atoms with Gasteiger partial charge in [0.1, 0.15) is 29.8 Å². The van der Waals surface area contributed by atoms with Crippen LogP contribution in [0.4, 0.5) is 0 Å². The number of rotatable bonds is 1. The molecule has 0 aromatic carbocycles. The summed E-state index contributed by atoms with van der Waals surface area (Å²) in [5.74, 6) is -1.52. The highest BCUT2D eigenvalue weighted by Gasteiger charge is 2.60. The maximum Gasteiger partial charge on any atom is 0.316 e. The number of hydrogen-bond donors (Lipinski definition) is 2. The lowest BCUT2D eigenvalue weighted by atomic mass is 9.71. The van der Waals surface area contributed by atoms with Gasteiger partial charge >= 0.3 is 5.97 Å². The van der Waals surface area contributed by atoms with Crippen molar-refractivity contribution in [3.05, 3.63) is 47.1 Å². The van der Waals surface area contributed by atoms with Crippen molar-refractivity contribution in [1.82, 2.24) is 0 Å². The molecule has 0 saturated carbocycles. The Kier molecular flexibility index (Phi) is 8.29. The fourth-order valence-electron chi connectivity index (χ4n) is 7.23. The average molecular weight is 543 g/mol. The molecule has 5 aliphatic rings. The van der Waals surface area contributed by atoms with Crippen molar-refractivity contribution in [2.45, 2.75) is 121 Å². The van der Waals surface area contributed by atoms with Gasteiger partial charge in [-0.3, -0.25) is 4.79 Å². The van der Waals surface area contributed by atoms with E-state index in [2.05, 4.69) is 39.8 Å². The number of carbonyl (C=O) groups excluding carboxylic acids is 1. The maximum absolute atomic E-state index is 13.9. The fraction of sp³-hybridized carbons (Fsp3) is 0.719. The predicted molar refractivity (Wildman–Crippen MR) is 148 cm³/mol. The minimum Gasteiger partial charge on any atom is -0.462 e. The molecule has 3 saturated heterocycles. The Balaban J connectivity index is 1.51. The van der Waals surface area contributed by atoms with Crippen LogP contribution in [0, 0.1) is 17.8 Å². The van der Waals surface area contributed by atoms with Gasteiger partial charge in [-0.25, -0.2) is 0 Å². The summed E-state index contributed by atoms with van der Waals surface area (Å²) in [4.78, 5) is 13.9. The lowest BCUT2D eigenvalue weighted by Gasteiger charge is -2.50. The topological polar surface area (TPSA) is 94.5 Å². The van der Waals surface area contributed by atoms with Crippen molar-refractivity contribution < 1.29 is 34.0 Å². The second kappa shape index (κ2) is 11.2. The van der Waals surface area contributed by atoms with E-state index in [4.69, 9.17) is 18.9 Å². The van der Waals surface area contributed by atoms with Gasteiger partial charge in [-0.2, -0.15) is 0 Å². The van der Waals surface area contributed by atoms with E-state index in [9.17, 15) is 15.0 Å². The largest absolute Gasteiger partial charge is 0.462 e. The number of esters is 1. The van der Waals surface area contributed by atoms with Gasteiger partial charge < -0.3 is 29.2 Å². The highest BCUT2D eigenvalue weighted by atomic mass is 16.7. The summed E-state index contributed by atoms with van der Waals surface area (Å²) >= 11 is 0. The third kappa shape index (κ3) is 5.58. The predicted octanol–water partition coefficient (Wildman–Crippen LogP) is 4.92. The van der Waals surface area contributed by atoms with E-state index >= 15 is 0 Å². The Labute approximate surface area is 232 Å². The molecule has 216 valence electrons. The molecule has 2 N–H and O–H groups in total. The standard InChI is InChI=1S/C32H46O7/c1-6-27-21(4)12-13-31(39-27)17-25-16-24(38-31)11-10-20(3)14-19(2)8-7-9-23-18-36-29-28(33)22(5)15-26(30(34)37-25)32(23,29)35/h7-10,15,19,21,24-29,33,35H,6,11-14,16-18H2,1-5H3/b8-7+,20-10+,23-9?/t19-,21-,24+,25-,26-,27+,28+,29+,31+,32+/m0/s1. The summed E-state index contributed by atoms with van der Waals surface area (Å²) in [5, 5.41) is 22.9. The molecule has 1 aliphatic carbocycles. The van der Waals surface area contributed by atoms with Crippen molar-refractivity contribution >= 4 is 5.97 Å². The molecular formula is C32H46O7. The number of fused-ring (bicyclic) bond motifs is 2. The van der Waals surface area contributed by atoms with Crippen LogP contribution in [0.25, 0.3) is 0 Å². The first kappa shape index (κ1) is 28.7. The highest BCUT2D eigenvalue weighted by molar-refractivity contribution is 5.78. The molecule has 7 nitrogen and oxygen atoms in total. The van der Waals surface area contributed by atoms with Crippen LogP contribution in [-0.2, 0) is 23.7 Å². The first-order chi connectivity index (χ1) is 18.5. The molecule has 0 aromatic rings. The minimum absolute atomic E-state index is 0.104. The SMILES string of the molecule is CC[C@H]1O[C@]2(CC[C@@H]1C)C[C@@H]1C[C@@H](C/C=C(\C)C[C@@H](C)/C=C/C=C3CO[C@@H]4[C@H](O)C(C)=C[C@@H](C(=O)O1)[C@]34O)O2. The first-order valence-corrected chi connectivity index (χ1v) is 14.8. The van der Waals surface area contributed by atoms with Gasteiger partial charge in [0.15, 0.2) is 5.79 Å². The molecule has 2 bridgehead atoms. The number of ether oxygens (including phenoxy) is 4. The average Bonchev–Trinajstić information content (AvgIpc) is 3.23. The molecule has 0 amide bonds. The number of aliphatic hydroxyl groups is 2. The summed E-state index contributed by atoms with van der Waals surface area (Å²) in [5.41, 5.74) is 0.788. The summed E-state index contributed by atoms with van der Waals surface area (Å²) in [6.45, 7) is 10.6. The van der Waals surface area contributed by atoms with Gasteiger partial charge in [0.25, 0.3) is 0 Å². The molecular weight excluding hydrogens is 496 g/mol. The van der Waals surface area contributed by atoms with Crippen LogP contribution >= 0.6 is 0 Å². The lowest BCUT2D eigenvalue weighted by Crippen LogP contribution is -2.58. The van der Waals surface area contributed by atoms with Crippen LogP contribution in [0.3, 0.4) is 0 Å². The fourth-order valence-corrected chi connectivity index (χ4v) is 7.23. The molecule has 39 heavy (non-hydrogen) atoms. The molecule has 4 heterocycles. The van der Waals surface area contributed by atoms with Crippen molar-refractivity contribution in [3.8, 4) is 0 Å². The van der Waals surface area contributed by atoms with Gasteiger partial charge in [-0.05, 0) is 62.5 Å².